The van der Waals surface area contributed by atoms with Gasteiger partial charge in [-0.05, 0) is 18.2 Å². The van der Waals surface area contributed by atoms with Crippen LogP contribution in [0.3, 0.4) is 0 Å². The number of rotatable bonds is 6. The van der Waals surface area contributed by atoms with Gasteiger partial charge in [-0.15, -0.1) is 0 Å². The zero-order valence-electron chi connectivity index (χ0n) is 14.7. The van der Waals surface area contributed by atoms with Crippen LogP contribution >= 0.6 is 0 Å². The minimum absolute atomic E-state index is 0.138. The lowest BCUT2D eigenvalue weighted by molar-refractivity contribution is -0.137. The van der Waals surface area contributed by atoms with Crippen LogP contribution in [0.25, 0.3) is 0 Å². The van der Waals surface area contributed by atoms with Crippen molar-refractivity contribution in [2.24, 2.45) is 5.73 Å². The van der Waals surface area contributed by atoms with Gasteiger partial charge in [-0.25, -0.2) is 13.1 Å². The quantitative estimate of drug-likeness (QED) is 0.384. The van der Waals surface area contributed by atoms with Crippen molar-refractivity contribution >= 4 is 21.8 Å². The van der Waals surface area contributed by atoms with E-state index in [4.69, 9.17) is 5.73 Å². The highest BCUT2D eigenvalue weighted by Gasteiger charge is 2.36. The molecule has 3 atom stereocenters. The molecular formula is C16H18F3N3O6S. The molecule has 1 aromatic carbocycles. The summed E-state index contributed by atoms with van der Waals surface area (Å²) in [6, 6.07) is 1.43. The van der Waals surface area contributed by atoms with Crippen LogP contribution in [-0.4, -0.2) is 55.2 Å². The number of carbonyl (C=O) groups is 2. The Kier molecular flexibility index (Phi) is 6.67. The van der Waals surface area contributed by atoms with Crippen molar-refractivity contribution in [1.29, 1.82) is 0 Å². The van der Waals surface area contributed by atoms with Gasteiger partial charge in [0.1, 0.15) is 6.10 Å². The molecular weight excluding hydrogens is 419 g/mol. The molecule has 0 unspecified atom stereocenters. The van der Waals surface area contributed by atoms with E-state index in [-0.39, 0.29) is 12.0 Å². The first kappa shape index (κ1) is 22.8. The maximum Gasteiger partial charge on any atom is 0.416 e. The van der Waals surface area contributed by atoms with Crippen LogP contribution in [0.2, 0.25) is 0 Å². The molecule has 0 aromatic heterocycles. The Morgan fingerprint density at radius 1 is 1.24 bits per heavy atom. The van der Waals surface area contributed by atoms with Gasteiger partial charge in [-0.2, -0.15) is 13.2 Å². The molecule has 0 aliphatic heterocycles. The highest BCUT2D eigenvalue weighted by molar-refractivity contribution is 7.89. The van der Waals surface area contributed by atoms with Crippen molar-refractivity contribution in [2.45, 2.75) is 35.7 Å². The average molecular weight is 437 g/mol. The Hall–Kier alpha value is -2.48. The molecule has 160 valence electrons. The molecule has 29 heavy (non-hydrogen) atoms. The number of aliphatic hydroxyl groups is 2. The minimum Gasteiger partial charge on any atom is -0.390 e. The number of benzene rings is 1. The van der Waals surface area contributed by atoms with Gasteiger partial charge in [0, 0.05) is 12.0 Å². The van der Waals surface area contributed by atoms with Crippen LogP contribution in [0.4, 0.5) is 13.2 Å². The van der Waals surface area contributed by atoms with Gasteiger partial charge in [0.25, 0.3) is 0 Å². The van der Waals surface area contributed by atoms with Crippen molar-refractivity contribution in [3.63, 3.8) is 0 Å². The molecule has 1 aliphatic carbocycles. The SMILES string of the molecule is NC(=O)CNC(=O)C1=C[C@@H](NS(=O)(=O)c2cccc(C(F)(F)F)c2)[C@@H](O)[C@H](O)C1. The Labute approximate surface area is 163 Å². The van der Waals surface area contributed by atoms with Gasteiger partial charge in [-0.3, -0.25) is 9.59 Å². The summed E-state index contributed by atoms with van der Waals surface area (Å²) < 4.78 is 65.4. The third-order valence-corrected chi connectivity index (χ3v) is 5.51. The Morgan fingerprint density at radius 3 is 2.48 bits per heavy atom. The smallest absolute Gasteiger partial charge is 0.390 e. The summed E-state index contributed by atoms with van der Waals surface area (Å²) in [6.07, 6.45) is -7.30. The second-order valence-electron chi connectivity index (χ2n) is 6.28. The van der Waals surface area contributed by atoms with Crippen LogP contribution < -0.4 is 15.8 Å². The molecule has 0 saturated carbocycles. The highest BCUT2D eigenvalue weighted by atomic mass is 32.2. The summed E-state index contributed by atoms with van der Waals surface area (Å²) in [4.78, 5) is 22.0. The van der Waals surface area contributed by atoms with Gasteiger partial charge in [-0.1, -0.05) is 12.1 Å². The Balaban J connectivity index is 2.28. The van der Waals surface area contributed by atoms with E-state index in [2.05, 4.69) is 5.32 Å². The first-order valence-corrected chi connectivity index (χ1v) is 9.62. The van der Waals surface area contributed by atoms with E-state index in [1.807, 2.05) is 4.72 Å². The summed E-state index contributed by atoms with van der Waals surface area (Å²) in [5, 5.41) is 22.1. The summed E-state index contributed by atoms with van der Waals surface area (Å²) in [5.41, 5.74) is 3.58. The van der Waals surface area contributed by atoms with E-state index in [9.17, 15) is 41.4 Å². The first-order valence-electron chi connectivity index (χ1n) is 8.14. The largest absolute Gasteiger partial charge is 0.416 e. The maximum atomic E-state index is 12.8. The maximum absolute atomic E-state index is 12.8. The van der Waals surface area contributed by atoms with Gasteiger partial charge in [0.05, 0.1) is 29.1 Å². The van der Waals surface area contributed by atoms with Crippen molar-refractivity contribution in [1.82, 2.24) is 10.0 Å². The topological polar surface area (TPSA) is 159 Å². The monoisotopic (exact) mass is 437 g/mol. The Morgan fingerprint density at radius 2 is 1.90 bits per heavy atom. The van der Waals surface area contributed by atoms with E-state index >= 15 is 0 Å². The summed E-state index contributed by atoms with van der Waals surface area (Å²) >= 11 is 0. The summed E-state index contributed by atoms with van der Waals surface area (Å²) in [5.74, 6) is -1.66. The second-order valence-corrected chi connectivity index (χ2v) is 7.99. The van der Waals surface area contributed by atoms with Gasteiger partial charge in [0.15, 0.2) is 0 Å². The third-order valence-electron chi connectivity index (χ3n) is 4.05. The first-order chi connectivity index (χ1) is 13.3. The predicted octanol–water partition coefficient (Wildman–Crippen LogP) is -0.994. The van der Waals surface area contributed by atoms with Crippen LogP contribution in [0.5, 0.6) is 0 Å². The standard InChI is InChI=1S/C16H18F3N3O6S/c17-16(18,19)9-2-1-3-10(6-9)29(27,28)22-11-4-8(5-12(23)14(11)25)15(26)21-7-13(20)24/h1-4,6,11-12,14,22-23,25H,5,7H2,(H2,20,24)(H,21,26)/t11-,12-,14-/m1/s1. The molecule has 2 amide bonds. The van der Waals surface area contributed by atoms with Crippen molar-refractivity contribution in [3.05, 3.63) is 41.5 Å². The zero-order chi connectivity index (χ0) is 22.0. The van der Waals surface area contributed by atoms with Crippen molar-refractivity contribution in [2.75, 3.05) is 6.54 Å². The molecule has 9 nitrogen and oxygen atoms in total. The second kappa shape index (κ2) is 8.49. The molecule has 2 rings (SSSR count). The number of hydrogen-bond acceptors (Lipinski definition) is 6. The number of alkyl halides is 3. The van der Waals surface area contributed by atoms with Crippen LogP contribution in [0.1, 0.15) is 12.0 Å². The number of sulfonamides is 1. The third kappa shape index (κ3) is 5.76. The van der Waals surface area contributed by atoms with Gasteiger partial charge in [0.2, 0.25) is 21.8 Å². The fourth-order valence-corrected chi connectivity index (χ4v) is 3.85. The minimum atomic E-state index is -4.77. The fraction of sp³-hybridized carbons (Fsp3) is 0.375. The highest BCUT2D eigenvalue weighted by Crippen LogP contribution is 2.30. The van der Waals surface area contributed by atoms with E-state index < -0.39 is 63.3 Å². The summed E-state index contributed by atoms with van der Waals surface area (Å²) in [6.45, 7) is -0.505. The molecule has 6 N–H and O–H groups in total. The molecule has 13 heteroatoms. The molecule has 0 fully saturated rings. The number of amides is 2. The number of nitrogens with one attached hydrogen (secondary N) is 2. The van der Waals surface area contributed by atoms with Crippen molar-refractivity contribution in [3.8, 4) is 0 Å². The van der Waals surface area contributed by atoms with E-state index in [1.54, 1.807) is 0 Å². The van der Waals surface area contributed by atoms with Crippen molar-refractivity contribution < 1.29 is 41.4 Å². The molecule has 0 spiro atoms. The normalized spacial score (nSPS) is 22.7. The van der Waals surface area contributed by atoms with Gasteiger partial charge >= 0.3 is 6.18 Å². The lowest BCUT2D eigenvalue weighted by atomic mass is 9.90. The molecule has 0 saturated heterocycles. The van der Waals surface area contributed by atoms with Crippen LogP contribution in [0.15, 0.2) is 40.8 Å². The number of aliphatic hydroxyl groups excluding tert-OH is 2. The molecule has 0 heterocycles. The van der Waals surface area contributed by atoms with Crippen LogP contribution in [0, 0.1) is 0 Å². The molecule has 0 bridgehead atoms. The number of carbonyl (C=O) groups excluding carboxylic acids is 2. The van der Waals surface area contributed by atoms with E-state index in [1.165, 1.54) is 0 Å². The molecule has 1 aromatic rings. The zero-order valence-corrected chi connectivity index (χ0v) is 15.5. The number of halogens is 3. The number of primary amides is 1. The van der Waals surface area contributed by atoms with Gasteiger partial charge < -0.3 is 21.3 Å². The Bertz CT molecular complexity index is 932. The van der Waals surface area contributed by atoms with E-state index in [0.717, 1.165) is 18.2 Å². The fourth-order valence-electron chi connectivity index (χ4n) is 2.61. The molecule has 1 aliphatic rings. The number of hydrogen-bond donors (Lipinski definition) is 5. The summed E-state index contributed by atoms with van der Waals surface area (Å²) in [7, 11) is -4.55. The predicted molar refractivity (Wildman–Crippen MR) is 92.5 cm³/mol. The van der Waals surface area contributed by atoms with E-state index in [0.29, 0.717) is 12.1 Å². The molecule has 0 radical (unpaired) electrons. The lowest BCUT2D eigenvalue weighted by Gasteiger charge is -2.30. The average Bonchev–Trinajstić information content (AvgIpc) is 2.62. The number of nitrogens with two attached hydrogens (primary N) is 1. The van der Waals surface area contributed by atoms with Crippen LogP contribution in [-0.2, 0) is 25.8 Å². The lowest BCUT2D eigenvalue weighted by Crippen LogP contribution is -2.51.